The summed E-state index contributed by atoms with van der Waals surface area (Å²) in [5.74, 6) is 2.68. The van der Waals surface area contributed by atoms with E-state index in [-0.39, 0.29) is 24.0 Å². The number of imidazole rings is 1. The number of aromatic nitrogens is 2. The molecule has 0 aliphatic heterocycles. The minimum Gasteiger partial charge on any atom is -0.356 e. The highest BCUT2D eigenvalue weighted by atomic mass is 127. The number of benzene rings is 2. The predicted octanol–water partition coefficient (Wildman–Crippen LogP) is 4.66. The fourth-order valence-corrected chi connectivity index (χ4v) is 3.58. The maximum absolute atomic E-state index is 5.91. The number of nitrogens with one attached hydrogen (secondary N) is 2. The maximum Gasteiger partial charge on any atom is 0.191 e. The molecule has 0 amide bonds. The Balaban J connectivity index is 0.00000300. The highest BCUT2D eigenvalue weighted by Gasteiger charge is 2.05. The number of guanidine groups is 1. The molecule has 154 valence electrons. The van der Waals surface area contributed by atoms with Gasteiger partial charge in [0, 0.05) is 48.2 Å². The Morgan fingerprint density at radius 3 is 2.59 bits per heavy atom. The van der Waals surface area contributed by atoms with Crippen molar-refractivity contribution in [2.24, 2.45) is 4.99 Å². The topological polar surface area (TPSA) is 54.2 Å². The van der Waals surface area contributed by atoms with Crippen molar-refractivity contribution in [1.82, 2.24) is 20.2 Å². The van der Waals surface area contributed by atoms with Crippen LogP contribution in [-0.4, -0.2) is 34.9 Å². The highest BCUT2D eigenvalue weighted by Crippen LogP contribution is 2.19. The standard InChI is InChI=1S/C21H24ClN5S.HI/c1-23-21(25-12-14-28-19-9-7-18(22)8-10-19)26-15-20-24-11-13-27(20)16-17-5-3-2-4-6-17;/h2-11,13H,12,14-16H2,1H3,(H2,23,25,26);1H. The van der Waals surface area contributed by atoms with Crippen LogP contribution < -0.4 is 10.6 Å². The van der Waals surface area contributed by atoms with Crippen LogP contribution in [0.4, 0.5) is 0 Å². The SMILES string of the molecule is CN=C(NCCSc1ccc(Cl)cc1)NCc1nccn1Cc1ccccc1.I. The molecule has 0 aliphatic carbocycles. The van der Waals surface area contributed by atoms with E-state index in [1.54, 1.807) is 18.8 Å². The molecule has 8 heteroatoms. The van der Waals surface area contributed by atoms with E-state index in [0.29, 0.717) is 6.54 Å². The van der Waals surface area contributed by atoms with Gasteiger partial charge in [0.15, 0.2) is 5.96 Å². The molecule has 2 N–H and O–H groups in total. The van der Waals surface area contributed by atoms with Crippen LogP contribution in [0.15, 0.2) is 76.9 Å². The van der Waals surface area contributed by atoms with Crippen LogP contribution in [0, 0.1) is 0 Å². The fourth-order valence-electron chi connectivity index (χ4n) is 2.68. The van der Waals surface area contributed by atoms with E-state index in [1.807, 2.05) is 42.7 Å². The molecule has 2 aromatic carbocycles. The van der Waals surface area contributed by atoms with Gasteiger partial charge in [0.1, 0.15) is 5.82 Å². The number of halogens is 2. The summed E-state index contributed by atoms with van der Waals surface area (Å²) in [6.07, 6.45) is 3.84. The smallest absolute Gasteiger partial charge is 0.191 e. The lowest BCUT2D eigenvalue weighted by Crippen LogP contribution is -2.38. The third kappa shape index (κ3) is 7.91. The van der Waals surface area contributed by atoms with E-state index < -0.39 is 0 Å². The molecular weight excluding hydrogens is 517 g/mol. The van der Waals surface area contributed by atoms with Crippen molar-refractivity contribution in [3.63, 3.8) is 0 Å². The zero-order valence-corrected chi connectivity index (χ0v) is 20.1. The Hall–Kier alpha value is -1.71. The average Bonchev–Trinajstić information content (AvgIpc) is 3.16. The summed E-state index contributed by atoms with van der Waals surface area (Å²) in [4.78, 5) is 9.96. The third-order valence-corrected chi connectivity index (χ3v) is 5.38. The van der Waals surface area contributed by atoms with Gasteiger partial charge in [-0.05, 0) is 29.8 Å². The molecule has 1 aromatic heterocycles. The first-order valence-corrected chi connectivity index (χ1v) is 10.5. The summed E-state index contributed by atoms with van der Waals surface area (Å²) in [5.41, 5.74) is 1.25. The lowest BCUT2D eigenvalue weighted by Gasteiger charge is -2.13. The summed E-state index contributed by atoms with van der Waals surface area (Å²) in [6, 6.07) is 18.3. The minimum atomic E-state index is 0. The average molecular weight is 542 g/mol. The number of thioether (sulfide) groups is 1. The fraction of sp³-hybridized carbons (Fsp3) is 0.238. The van der Waals surface area contributed by atoms with Gasteiger partial charge in [-0.15, -0.1) is 35.7 Å². The van der Waals surface area contributed by atoms with Crippen molar-refractivity contribution in [3.8, 4) is 0 Å². The second-order valence-corrected chi connectivity index (χ2v) is 7.72. The van der Waals surface area contributed by atoms with E-state index >= 15 is 0 Å². The normalized spacial score (nSPS) is 11.0. The first kappa shape index (κ1) is 23.6. The van der Waals surface area contributed by atoms with Crippen LogP contribution in [-0.2, 0) is 13.1 Å². The van der Waals surface area contributed by atoms with E-state index in [9.17, 15) is 0 Å². The summed E-state index contributed by atoms with van der Waals surface area (Å²) in [6.45, 7) is 2.23. The highest BCUT2D eigenvalue weighted by molar-refractivity contribution is 14.0. The van der Waals surface area contributed by atoms with Gasteiger partial charge in [-0.25, -0.2) is 4.98 Å². The predicted molar refractivity (Wildman–Crippen MR) is 134 cm³/mol. The largest absolute Gasteiger partial charge is 0.356 e. The molecule has 29 heavy (non-hydrogen) atoms. The zero-order chi connectivity index (χ0) is 19.6. The Labute approximate surface area is 198 Å². The number of nitrogens with zero attached hydrogens (tertiary/aromatic N) is 3. The Morgan fingerprint density at radius 1 is 1.10 bits per heavy atom. The Morgan fingerprint density at radius 2 is 1.86 bits per heavy atom. The van der Waals surface area contributed by atoms with Gasteiger partial charge >= 0.3 is 0 Å². The second kappa shape index (κ2) is 12.8. The van der Waals surface area contributed by atoms with Crippen molar-refractivity contribution in [3.05, 3.63) is 83.4 Å². The van der Waals surface area contributed by atoms with Crippen molar-refractivity contribution >= 4 is 53.3 Å². The van der Waals surface area contributed by atoms with Crippen LogP contribution in [0.25, 0.3) is 0 Å². The number of hydrogen-bond donors (Lipinski definition) is 2. The molecule has 0 unspecified atom stereocenters. The summed E-state index contributed by atoms with van der Waals surface area (Å²) < 4.78 is 2.14. The first-order valence-electron chi connectivity index (χ1n) is 9.11. The monoisotopic (exact) mass is 541 g/mol. The zero-order valence-electron chi connectivity index (χ0n) is 16.2. The molecule has 0 fully saturated rings. The minimum absolute atomic E-state index is 0. The van der Waals surface area contributed by atoms with Crippen LogP contribution >= 0.6 is 47.3 Å². The molecular formula is C21H25ClIN5S. The van der Waals surface area contributed by atoms with E-state index in [4.69, 9.17) is 11.6 Å². The van der Waals surface area contributed by atoms with Crippen LogP contribution in [0.3, 0.4) is 0 Å². The van der Waals surface area contributed by atoms with E-state index in [1.165, 1.54) is 10.5 Å². The second-order valence-electron chi connectivity index (χ2n) is 6.11. The third-order valence-electron chi connectivity index (χ3n) is 4.11. The van der Waals surface area contributed by atoms with Gasteiger partial charge < -0.3 is 15.2 Å². The molecule has 0 spiro atoms. The molecule has 5 nitrogen and oxygen atoms in total. The van der Waals surface area contributed by atoms with Gasteiger partial charge in [-0.3, -0.25) is 4.99 Å². The quantitative estimate of drug-likeness (QED) is 0.143. The first-order chi connectivity index (χ1) is 13.7. The number of rotatable bonds is 8. The molecule has 0 atom stereocenters. The molecule has 0 saturated heterocycles. The van der Waals surface area contributed by atoms with Crippen LogP contribution in [0.2, 0.25) is 5.02 Å². The number of aliphatic imine (C=N–C) groups is 1. The van der Waals surface area contributed by atoms with Gasteiger partial charge in [0.2, 0.25) is 0 Å². The van der Waals surface area contributed by atoms with Crippen molar-refractivity contribution in [1.29, 1.82) is 0 Å². The maximum atomic E-state index is 5.91. The molecule has 0 saturated carbocycles. The molecule has 1 heterocycles. The lowest BCUT2D eigenvalue weighted by atomic mass is 10.2. The number of hydrogen-bond acceptors (Lipinski definition) is 3. The van der Waals surface area contributed by atoms with Crippen molar-refractivity contribution in [2.45, 2.75) is 18.0 Å². The summed E-state index contributed by atoms with van der Waals surface area (Å²) >= 11 is 7.70. The van der Waals surface area contributed by atoms with E-state index in [2.05, 4.69) is 49.4 Å². The van der Waals surface area contributed by atoms with Crippen LogP contribution in [0.1, 0.15) is 11.4 Å². The van der Waals surface area contributed by atoms with Gasteiger partial charge in [0.05, 0.1) is 6.54 Å². The molecule has 3 aromatic rings. The molecule has 3 rings (SSSR count). The Kier molecular flexibility index (Phi) is 10.4. The van der Waals surface area contributed by atoms with Crippen molar-refractivity contribution < 1.29 is 0 Å². The molecule has 0 aliphatic rings. The lowest BCUT2D eigenvalue weighted by molar-refractivity contribution is 0.690. The van der Waals surface area contributed by atoms with Crippen LogP contribution in [0.5, 0.6) is 0 Å². The van der Waals surface area contributed by atoms with Gasteiger partial charge in [0.25, 0.3) is 0 Å². The summed E-state index contributed by atoms with van der Waals surface area (Å²) in [5, 5.41) is 7.43. The molecule has 0 bridgehead atoms. The van der Waals surface area contributed by atoms with Crippen molar-refractivity contribution in [2.75, 3.05) is 19.3 Å². The summed E-state index contributed by atoms with van der Waals surface area (Å²) in [7, 11) is 1.78. The Bertz CT molecular complexity index is 884. The van der Waals surface area contributed by atoms with E-state index in [0.717, 1.165) is 35.6 Å². The van der Waals surface area contributed by atoms with Gasteiger partial charge in [-0.2, -0.15) is 0 Å². The van der Waals surface area contributed by atoms with Gasteiger partial charge in [-0.1, -0.05) is 41.9 Å². The molecule has 0 radical (unpaired) electrons.